The molecule has 100 valence electrons. The molecule has 0 atom stereocenters. The molecule has 1 aromatic heterocycles. The van der Waals surface area contributed by atoms with Crippen molar-refractivity contribution in [2.75, 3.05) is 0 Å². The number of carbonyl (C=O) groups is 1. The number of alkyl halides is 4. The zero-order valence-electron chi connectivity index (χ0n) is 8.59. The van der Waals surface area contributed by atoms with Gasteiger partial charge in [-0.25, -0.2) is 4.39 Å². The molecule has 9 heteroatoms. The van der Waals surface area contributed by atoms with Crippen LogP contribution in [0.4, 0.5) is 17.6 Å². The van der Waals surface area contributed by atoms with Gasteiger partial charge in [0.15, 0.2) is 11.6 Å². The molecule has 0 aliphatic rings. The van der Waals surface area contributed by atoms with Crippen molar-refractivity contribution >= 4 is 17.6 Å². The van der Waals surface area contributed by atoms with Gasteiger partial charge in [-0.05, 0) is 0 Å². The SMILES string of the molecule is O=C(O)Cc1ncc(CCl)c(OC(F)(F)F)c1F. The second-order valence-corrected chi connectivity index (χ2v) is 3.39. The van der Waals surface area contributed by atoms with E-state index < -0.39 is 41.9 Å². The van der Waals surface area contributed by atoms with Crippen LogP contribution in [-0.2, 0) is 17.1 Å². The fourth-order valence-electron chi connectivity index (χ4n) is 1.13. The minimum absolute atomic E-state index is 0.319. The van der Waals surface area contributed by atoms with Crippen molar-refractivity contribution in [3.63, 3.8) is 0 Å². The molecule has 0 aliphatic heterocycles. The number of hydrogen-bond acceptors (Lipinski definition) is 3. The average Bonchev–Trinajstić information content (AvgIpc) is 2.22. The van der Waals surface area contributed by atoms with Gasteiger partial charge in [0.2, 0.25) is 0 Å². The van der Waals surface area contributed by atoms with Crippen molar-refractivity contribution in [3.05, 3.63) is 23.3 Å². The largest absolute Gasteiger partial charge is 0.573 e. The number of ether oxygens (including phenoxy) is 1. The molecule has 1 N–H and O–H groups in total. The Morgan fingerprint density at radius 1 is 1.50 bits per heavy atom. The lowest BCUT2D eigenvalue weighted by Crippen LogP contribution is -2.20. The normalized spacial score (nSPS) is 11.4. The molecular weight excluding hydrogens is 282 g/mol. The Morgan fingerprint density at radius 2 is 2.11 bits per heavy atom. The van der Waals surface area contributed by atoms with E-state index in [9.17, 15) is 22.4 Å². The third kappa shape index (κ3) is 3.73. The molecule has 0 radical (unpaired) electrons. The second-order valence-electron chi connectivity index (χ2n) is 3.13. The van der Waals surface area contributed by atoms with E-state index in [1.807, 2.05) is 0 Å². The summed E-state index contributed by atoms with van der Waals surface area (Å²) in [4.78, 5) is 13.8. The van der Waals surface area contributed by atoms with Gasteiger partial charge in [-0.1, -0.05) is 0 Å². The van der Waals surface area contributed by atoms with Crippen molar-refractivity contribution in [2.45, 2.75) is 18.7 Å². The number of carboxylic acid groups (broad SMARTS) is 1. The quantitative estimate of drug-likeness (QED) is 0.683. The highest BCUT2D eigenvalue weighted by Crippen LogP contribution is 2.31. The lowest BCUT2D eigenvalue weighted by atomic mass is 10.2. The maximum atomic E-state index is 13.6. The van der Waals surface area contributed by atoms with Gasteiger partial charge in [-0.2, -0.15) is 0 Å². The predicted octanol–water partition coefficient (Wildman–Crippen LogP) is 2.49. The minimum atomic E-state index is -5.11. The first-order valence-electron chi connectivity index (χ1n) is 4.44. The molecule has 0 fully saturated rings. The Morgan fingerprint density at radius 3 is 2.56 bits per heavy atom. The highest BCUT2D eigenvalue weighted by atomic mass is 35.5. The molecule has 0 saturated carbocycles. The maximum absolute atomic E-state index is 13.6. The summed E-state index contributed by atoms with van der Waals surface area (Å²) in [5.41, 5.74) is -0.976. The lowest BCUT2D eigenvalue weighted by molar-refractivity contribution is -0.275. The van der Waals surface area contributed by atoms with E-state index in [1.54, 1.807) is 0 Å². The summed E-state index contributed by atoms with van der Waals surface area (Å²) in [6, 6.07) is 0. The van der Waals surface area contributed by atoms with Crippen LogP contribution in [0.25, 0.3) is 0 Å². The van der Waals surface area contributed by atoms with Crippen LogP contribution in [0.1, 0.15) is 11.3 Å². The Balaban J connectivity index is 3.22. The van der Waals surface area contributed by atoms with Gasteiger partial charge in [0.25, 0.3) is 0 Å². The van der Waals surface area contributed by atoms with Crippen LogP contribution in [0.2, 0.25) is 0 Å². The molecule has 0 unspecified atom stereocenters. The molecule has 0 amide bonds. The topological polar surface area (TPSA) is 59.4 Å². The van der Waals surface area contributed by atoms with Crippen molar-refractivity contribution in [3.8, 4) is 5.75 Å². The van der Waals surface area contributed by atoms with E-state index in [-0.39, 0.29) is 5.56 Å². The summed E-state index contributed by atoms with van der Waals surface area (Å²) >= 11 is 5.32. The van der Waals surface area contributed by atoms with Crippen LogP contribution in [0.3, 0.4) is 0 Å². The van der Waals surface area contributed by atoms with Gasteiger partial charge >= 0.3 is 12.3 Å². The number of aromatic nitrogens is 1. The van der Waals surface area contributed by atoms with E-state index in [1.165, 1.54) is 0 Å². The molecule has 1 aromatic rings. The molecule has 0 saturated heterocycles. The molecule has 1 rings (SSSR count). The van der Waals surface area contributed by atoms with Crippen LogP contribution < -0.4 is 4.74 Å². The highest BCUT2D eigenvalue weighted by Gasteiger charge is 2.34. The van der Waals surface area contributed by atoms with Gasteiger partial charge in [0, 0.05) is 11.8 Å². The molecule has 4 nitrogen and oxygen atoms in total. The fraction of sp³-hybridized carbons (Fsp3) is 0.333. The van der Waals surface area contributed by atoms with E-state index in [4.69, 9.17) is 16.7 Å². The zero-order valence-corrected chi connectivity index (χ0v) is 9.35. The number of nitrogens with zero attached hydrogens (tertiary/aromatic N) is 1. The van der Waals surface area contributed by atoms with Crippen molar-refractivity contribution < 1.29 is 32.2 Å². The summed E-state index contributed by atoms with van der Waals surface area (Å²) in [5, 5.41) is 8.45. The summed E-state index contributed by atoms with van der Waals surface area (Å²) in [5.74, 6) is -4.52. The summed E-state index contributed by atoms with van der Waals surface area (Å²) in [7, 11) is 0. The summed E-state index contributed by atoms with van der Waals surface area (Å²) in [6.45, 7) is 0. The van der Waals surface area contributed by atoms with Crippen LogP contribution >= 0.6 is 11.6 Å². The van der Waals surface area contributed by atoms with Crippen molar-refractivity contribution in [2.24, 2.45) is 0 Å². The predicted molar refractivity (Wildman–Crippen MR) is 51.8 cm³/mol. The second kappa shape index (κ2) is 5.38. The number of hydrogen-bond donors (Lipinski definition) is 1. The Kier molecular flexibility index (Phi) is 4.33. The van der Waals surface area contributed by atoms with Gasteiger partial charge in [0.05, 0.1) is 18.0 Å². The Hall–Kier alpha value is -1.57. The number of rotatable bonds is 4. The van der Waals surface area contributed by atoms with Gasteiger partial charge in [-0.15, -0.1) is 24.8 Å². The molecule has 1 heterocycles. The molecule has 0 aromatic carbocycles. The van der Waals surface area contributed by atoms with E-state index in [0.29, 0.717) is 0 Å². The van der Waals surface area contributed by atoms with Crippen molar-refractivity contribution in [1.29, 1.82) is 0 Å². The van der Waals surface area contributed by atoms with E-state index in [0.717, 1.165) is 6.20 Å². The fourth-order valence-corrected chi connectivity index (χ4v) is 1.32. The molecule has 0 aliphatic carbocycles. The van der Waals surface area contributed by atoms with Crippen LogP contribution in [0, 0.1) is 5.82 Å². The first-order valence-corrected chi connectivity index (χ1v) is 4.97. The van der Waals surface area contributed by atoms with Gasteiger partial charge in [-0.3, -0.25) is 9.78 Å². The number of carboxylic acids is 1. The smallest absolute Gasteiger partial charge is 0.481 e. The number of halogens is 5. The number of pyridine rings is 1. The Bertz CT molecular complexity index is 464. The summed E-state index contributed by atoms with van der Waals surface area (Å²) < 4.78 is 53.3. The standard InChI is InChI=1S/C9H6ClF4NO3/c10-2-4-3-15-5(1-6(16)17)7(11)8(4)18-9(12,13)14/h3H,1-2H2,(H,16,17). The summed E-state index contributed by atoms with van der Waals surface area (Å²) in [6.07, 6.45) is -5.12. The first kappa shape index (κ1) is 14.5. The maximum Gasteiger partial charge on any atom is 0.573 e. The molecule has 0 spiro atoms. The molecule has 0 bridgehead atoms. The monoisotopic (exact) mass is 287 g/mol. The number of aliphatic carboxylic acids is 1. The van der Waals surface area contributed by atoms with E-state index in [2.05, 4.69) is 9.72 Å². The van der Waals surface area contributed by atoms with E-state index >= 15 is 0 Å². The lowest BCUT2D eigenvalue weighted by Gasteiger charge is -2.13. The van der Waals surface area contributed by atoms with Gasteiger partial charge < -0.3 is 9.84 Å². The zero-order chi connectivity index (χ0) is 13.9. The van der Waals surface area contributed by atoms with Crippen molar-refractivity contribution in [1.82, 2.24) is 4.98 Å². The Labute approximate surface area is 103 Å². The average molecular weight is 288 g/mol. The highest BCUT2D eigenvalue weighted by molar-refractivity contribution is 6.17. The molecular formula is C9H6ClF4NO3. The third-order valence-corrected chi connectivity index (χ3v) is 2.09. The first-order chi connectivity index (χ1) is 8.24. The van der Waals surface area contributed by atoms with Crippen LogP contribution in [0.15, 0.2) is 6.20 Å². The van der Waals surface area contributed by atoms with Crippen LogP contribution in [-0.4, -0.2) is 22.4 Å². The minimum Gasteiger partial charge on any atom is -0.481 e. The third-order valence-electron chi connectivity index (χ3n) is 1.80. The van der Waals surface area contributed by atoms with Crippen LogP contribution in [0.5, 0.6) is 5.75 Å². The van der Waals surface area contributed by atoms with Gasteiger partial charge in [0.1, 0.15) is 0 Å². The molecule has 18 heavy (non-hydrogen) atoms.